The predicted octanol–water partition coefficient (Wildman–Crippen LogP) is 2.07. The van der Waals surface area contributed by atoms with Gasteiger partial charge in [-0.2, -0.15) is 5.26 Å². The summed E-state index contributed by atoms with van der Waals surface area (Å²) in [4.78, 5) is 0. The molecule has 0 aromatic rings. The van der Waals surface area contributed by atoms with E-state index < -0.39 is 18.1 Å². The van der Waals surface area contributed by atoms with Gasteiger partial charge >= 0.3 is 0 Å². The van der Waals surface area contributed by atoms with Crippen molar-refractivity contribution >= 4 is 0 Å². The van der Waals surface area contributed by atoms with Gasteiger partial charge in [-0.1, -0.05) is 0 Å². The smallest absolute Gasteiger partial charge is 0.145 e. The number of hydrogen-bond acceptors (Lipinski definition) is 1. The number of nitriles is 1. The van der Waals surface area contributed by atoms with Crippen LogP contribution >= 0.6 is 0 Å². The van der Waals surface area contributed by atoms with E-state index in [2.05, 4.69) is 0 Å². The normalized spacial score (nSPS) is 12.2. The lowest BCUT2D eigenvalue weighted by Gasteiger charge is -1.84. The highest BCUT2D eigenvalue weighted by atomic mass is 19.2. The first-order valence-corrected chi connectivity index (χ1v) is 2.06. The molecule has 0 aromatic heterocycles. The van der Waals surface area contributed by atoms with Crippen LogP contribution in [0.3, 0.4) is 0 Å². The Kier molecular flexibility index (Phi) is 2.78. The molecule has 0 heterocycles. The van der Waals surface area contributed by atoms with E-state index in [1.54, 1.807) is 0 Å². The first-order chi connectivity index (χ1) is 3.68. The van der Waals surface area contributed by atoms with Gasteiger partial charge in [-0.15, -0.1) is 0 Å². The lowest BCUT2D eigenvalue weighted by Crippen LogP contribution is -1.72. The molecular weight excluding hydrogens is 112 g/mol. The van der Waals surface area contributed by atoms with E-state index in [1.807, 2.05) is 0 Å². The van der Waals surface area contributed by atoms with Crippen LogP contribution in [0, 0.1) is 11.3 Å². The number of nitrogens with zero attached hydrogens (tertiary/aromatic N) is 1. The zero-order valence-electron chi connectivity index (χ0n) is 4.41. The summed E-state index contributed by atoms with van der Waals surface area (Å²) in [5.41, 5.74) is 0. The van der Waals surface area contributed by atoms with Crippen molar-refractivity contribution < 1.29 is 8.78 Å². The third kappa shape index (κ3) is 2.30. The van der Waals surface area contributed by atoms with Gasteiger partial charge in [0.1, 0.15) is 11.7 Å². The van der Waals surface area contributed by atoms with E-state index in [1.165, 1.54) is 6.07 Å². The molecule has 0 aliphatic rings. The fourth-order valence-corrected chi connectivity index (χ4v) is 0.191. The maximum Gasteiger partial charge on any atom is 0.145 e. The van der Waals surface area contributed by atoms with E-state index in [-0.39, 0.29) is 0 Å². The van der Waals surface area contributed by atoms with E-state index in [9.17, 15) is 8.78 Å². The van der Waals surface area contributed by atoms with Gasteiger partial charge in [0.15, 0.2) is 0 Å². The summed E-state index contributed by atoms with van der Waals surface area (Å²) in [5, 5.41) is 7.79. The molecule has 44 valence electrons. The Morgan fingerprint density at radius 2 is 2.12 bits per heavy atom. The van der Waals surface area contributed by atoms with Crippen LogP contribution in [0.25, 0.3) is 0 Å². The molecule has 0 unspecified atom stereocenters. The second kappa shape index (κ2) is 3.14. The van der Waals surface area contributed by atoms with Gasteiger partial charge in [0.2, 0.25) is 0 Å². The van der Waals surface area contributed by atoms with E-state index in [0.29, 0.717) is 0 Å². The van der Waals surface area contributed by atoms with Gasteiger partial charge in [0, 0.05) is 0 Å². The minimum atomic E-state index is -0.979. The second-order valence-corrected chi connectivity index (χ2v) is 1.27. The molecule has 0 fully saturated rings. The fourth-order valence-electron chi connectivity index (χ4n) is 0.191. The number of allylic oxidation sites excluding steroid dienone is 2. The number of rotatable bonds is 1. The zero-order chi connectivity index (χ0) is 6.57. The van der Waals surface area contributed by atoms with Crippen molar-refractivity contribution in [2.24, 2.45) is 0 Å². The Morgan fingerprint density at radius 3 is 2.25 bits per heavy atom. The van der Waals surface area contributed by atoms with Crippen LogP contribution < -0.4 is 0 Å². The Hall–Kier alpha value is -0.910. The van der Waals surface area contributed by atoms with Crippen molar-refractivity contribution in [1.29, 1.82) is 5.26 Å². The van der Waals surface area contributed by atoms with Crippen LogP contribution in [0.15, 0.2) is 11.7 Å². The highest BCUT2D eigenvalue weighted by Gasteiger charge is 1.96. The summed E-state index contributed by atoms with van der Waals surface area (Å²) in [6.45, 7) is 0.979. The molecule has 0 amide bonds. The molecule has 0 radical (unpaired) electrons. The summed E-state index contributed by atoms with van der Waals surface area (Å²) in [7, 11) is 0. The standard InChI is InChI=1S/C5H5F2N/c1-4(6)5(7)2-3-8/h2H2,1H3/b5-4-. The summed E-state index contributed by atoms with van der Waals surface area (Å²) in [6, 6.07) is 1.48. The third-order valence-corrected chi connectivity index (χ3v) is 0.608. The Morgan fingerprint density at radius 1 is 1.62 bits per heavy atom. The fraction of sp³-hybridized carbons (Fsp3) is 0.400. The van der Waals surface area contributed by atoms with E-state index in [4.69, 9.17) is 5.26 Å². The first kappa shape index (κ1) is 7.09. The molecule has 1 nitrogen and oxygen atoms in total. The van der Waals surface area contributed by atoms with Crippen molar-refractivity contribution in [3.05, 3.63) is 11.7 Å². The quantitative estimate of drug-likeness (QED) is 0.515. The van der Waals surface area contributed by atoms with Crippen molar-refractivity contribution in [3.8, 4) is 6.07 Å². The molecule has 0 atom stereocenters. The Bertz CT molecular complexity index is 139. The van der Waals surface area contributed by atoms with Crippen LogP contribution in [-0.4, -0.2) is 0 Å². The largest absolute Gasteiger partial charge is 0.209 e. The lowest BCUT2D eigenvalue weighted by molar-refractivity contribution is 0.527. The van der Waals surface area contributed by atoms with E-state index >= 15 is 0 Å². The van der Waals surface area contributed by atoms with Gasteiger partial charge in [-0.3, -0.25) is 0 Å². The average molecular weight is 117 g/mol. The summed E-state index contributed by atoms with van der Waals surface area (Å²) in [5.74, 6) is -1.89. The Balaban J connectivity index is 3.85. The summed E-state index contributed by atoms with van der Waals surface area (Å²) >= 11 is 0. The predicted molar refractivity (Wildman–Crippen MR) is 25.1 cm³/mol. The van der Waals surface area contributed by atoms with Gasteiger partial charge in [-0.05, 0) is 6.92 Å². The minimum absolute atomic E-state index is 0.470. The molecule has 0 aliphatic carbocycles. The highest BCUT2D eigenvalue weighted by molar-refractivity contribution is 5.02. The van der Waals surface area contributed by atoms with Gasteiger partial charge in [0.05, 0.1) is 12.5 Å². The summed E-state index contributed by atoms with van der Waals surface area (Å²) < 4.78 is 23.4. The topological polar surface area (TPSA) is 23.8 Å². The third-order valence-electron chi connectivity index (χ3n) is 0.608. The highest BCUT2D eigenvalue weighted by Crippen LogP contribution is 2.09. The number of halogens is 2. The van der Waals surface area contributed by atoms with Crippen LogP contribution in [0.1, 0.15) is 13.3 Å². The molecule has 0 aliphatic heterocycles. The molecule has 0 N–H and O–H groups in total. The molecule has 0 aromatic carbocycles. The Labute approximate surface area is 46.2 Å². The molecule has 0 bridgehead atoms. The molecule has 0 rings (SSSR count). The molecular formula is C5H5F2N. The molecule has 3 heteroatoms. The monoisotopic (exact) mass is 117 g/mol. The lowest BCUT2D eigenvalue weighted by atomic mass is 10.4. The van der Waals surface area contributed by atoms with Crippen molar-refractivity contribution in [2.45, 2.75) is 13.3 Å². The van der Waals surface area contributed by atoms with Gasteiger partial charge in [-0.25, -0.2) is 8.78 Å². The first-order valence-electron chi connectivity index (χ1n) is 2.06. The van der Waals surface area contributed by atoms with Gasteiger partial charge in [0.25, 0.3) is 0 Å². The van der Waals surface area contributed by atoms with Crippen molar-refractivity contribution in [3.63, 3.8) is 0 Å². The van der Waals surface area contributed by atoms with Crippen LogP contribution in [0.5, 0.6) is 0 Å². The molecule has 0 saturated heterocycles. The molecule has 8 heavy (non-hydrogen) atoms. The average Bonchev–Trinajstić information content (AvgIpc) is 1.67. The number of hydrogen-bond donors (Lipinski definition) is 0. The van der Waals surface area contributed by atoms with Crippen molar-refractivity contribution in [1.82, 2.24) is 0 Å². The van der Waals surface area contributed by atoms with Crippen LogP contribution in [0.4, 0.5) is 8.78 Å². The van der Waals surface area contributed by atoms with Gasteiger partial charge < -0.3 is 0 Å². The SMILES string of the molecule is C/C(F)=C(/F)CC#N. The van der Waals surface area contributed by atoms with Crippen molar-refractivity contribution in [2.75, 3.05) is 0 Å². The van der Waals surface area contributed by atoms with E-state index in [0.717, 1.165) is 6.92 Å². The zero-order valence-corrected chi connectivity index (χ0v) is 4.41. The minimum Gasteiger partial charge on any atom is -0.209 e. The molecule has 0 saturated carbocycles. The maximum atomic E-state index is 11.8. The summed E-state index contributed by atoms with van der Waals surface area (Å²) in [6.07, 6.45) is -0.470. The second-order valence-electron chi connectivity index (χ2n) is 1.27. The van der Waals surface area contributed by atoms with Crippen LogP contribution in [-0.2, 0) is 0 Å². The van der Waals surface area contributed by atoms with Crippen LogP contribution in [0.2, 0.25) is 0 Å². The molecule has 0 spiro atoms. The maximum absolute atomic E-state index is 11.8.